The molecule has 2 aromatic rings. The lowest BCUT2D eigenvalue weighted by Crippen LogP contribution is -2.24. The third-order valence-electron chi connectivity index (χ3n) is 3.66. The van der Waals surface area contributed by atoms with Crippen LogP contribution in [0.15, 0.2) is 65.3 Å². The van der Waals surface area contributed by atoms with E-state index in [1.807, 2.05) is 54.6 Å². The number of amides is 1. The number of nitrogens with zero attached hydrogens (tertiary/aromatic N) is 1. The number of aliphatic imine (C=N–C) groups is 1. The lowest BCUT2D eigenvalue weighted by atomic mass is 10.1. The third kappa shape index (κ3) is 3.86. The molecular weight excluding hydrogens is 288 g/mol. The molecule has 4 nitrogen and oxygen atoms in total. The second-order valence-corrected chi connectivity index (χ2v) is 5.30. The van der Waals surface area contributed by atoms with Crippen LogP contribution in [0, 0.1) is 0 Å². The van der Waals surface area contributed by atoms with Crippen LogP contribution in [0.1, 0.15) is 17.5 Å². The van der Waals surface area contributed by atoms with Crippen LogP contribution in [0.25, 0.3) is 6.08 Å². The molecule has 0 aromatic heterocycles. The van der Waals surface area contributed by atoms with E-state index in [9.17, 15) is 4.79 Å². The van der Waals surface area contributed by atoms with Gasteiger partial charge in [0.1, 0.15) is 17.3 Å². The highest BCUT2D eigenvalue weighted by Gasteiger charge is 2.19. The fourth-order valence-corrected chi connectivity index (χ4v) is 2.40. The van der Waals surface area contributed by atoms with Crippen LogP contribution < -0.4 is 10.1 Å². The molecule has 0 spiro atoms. The molecule has 23 heavy (non-hydrogen) atoms. The highest BCUT2D eigenvalue weighted by molar-refractivity contribution is 6.14. The summed E-state index contributed by atoms with van der Waals surface area (Å²) in [5.41, 5.74) is 2.61. The minimum Gasteiger partial charge on any atom is -0.497 e. The van der Waals surface area contributed by atoms with Gasteiger partial charge in [-0.25, -0.2) is 4.99 Å². The Kier molecular flexibility index (Phi) is 4.52. The average molecular weight is 306 g/mol. The van der Waals surface area contributed by atoms with E-state index >= 15 is 0 Å². The largest absolute Gasteiger partial charge is 0.497 e. The maximum atomic E-state index is 12.0. The number of carbonyl (C=O) groups is 1. The molecule has 1 amide bonds. The number of aryl methyl sites for hydroxylation is 1. The molecule has 0 fully saturated rings. The Hall–Kier alpha value is -2.88. The second kappa shape index (κ2) is 6.92. The van der Waals surface area contributed by atoms with Crippen LogP contribution in [-0.4, -0.2) is 18.9 Å². The van der Waals surface area contributed by atoms with Crippen LogP contribution in [0.5, 0.6) is 5.75 Å². The summed E-state index contributed by atoms with van der Waals surface area (Å²) in [5, 5.41) is 2.84. The van der Waals surface area contributed by atoms with Crippen LogP contribution in [-0.2, 0) is 11.2 Å². The van der Waals surface area contributed by atoms with E-state index in [0.29, 0.717) is 18.0 Å². The van der Waals surface area contributed by atoms with Crippen LogP contribution in [0.4, 0.5) is 0 Å². The van der Waals surface area contributed by atoms with Crippen molar-refractivity contribution in [3.8, 4) is 5.75 Å². The van der Waals surface area contributed by atoms with Gasteiger partial charge in [-0.3, -0.25) is 4.79 Å². The lowest BCUT2D eigenvalue weighted by Gasteiger charge is -2.03. The van der Waals surface area contributed by atoms with Gasteiger partial charge < -0.3 is 10.1 Å². The number of rotatable bonds is 5. The Morgan fingerprint density at radius 3 is 2.48 bits per heavy atom. The highest BCUT2D eigenvalue weighted by Crippen LogP contribution is 2.16. The van der Waals surface area contributed by atoms with Crippen LogP contribution in [0.3, 0.4) is 0 Å². The summed E-state index contributed by atoms with van der Waals surface area (Å²) in [6.45, 7) is 0. The van der Waals surface area contributed by atoms with Gasteiger partial charge in [-0.05, 0) is 35.8 Å². The standard InChI is InChI=1S/C19H18N2O2/c1-23-16-10-7-14(8-11-16)9-12-18-20-17(19(22)21-18)13-15-5-3-2-4-6-15/h2-8,10-11,13H,9,12H2,1H3,(H,20,21,22)/b17-13+. The number of amidine groups is 1. The molecule has 3 rings (SSSR count). The van der Waals surface area contributed by atoms with E-state index in [-0.39, 0.29) is 5.91 Å². The number of benzene rings is 2. The minimum absolute atomic E-state index is 0.140. The van der Waals surface area contributed by atoms with Crippen LogP contribution in [0.2, 0.25) is 0 Å². The summed E-state index contributed by atoms with van der Waals surface area (Å²) in [4.78, 5) is 16.4. The molecule has 116 valence electrons. The first-order chi connectivity index (χ1) is 11.2. The molecule has 1 heterocycles. The summed E-state index contributed by atoms with van der Waals surface area (Å²) in [5.74, 6) is 1.42. The molecule has 0 aliphatic carbocycles. The van der Waals surface area contributed by atoms with Crippen molar-refractivity contribution >= 4 is 17.8 Å². The monoisotopic (exact) mass is 306 g/mol. The van der Waals surface area contributed by atoms with Crippen molar-refractivity contribution in [3.05, 3.63) is 71.4 Å². The average Bonchev–Trinajstić information content (AvgIpc) is 2.94. The number of hydrogen-bond donors (Lipinski definition) is 1. The Morgan fingerprint density at radius 1 is 1.04 bits per heavy atom. The van der Waals surface area contributed by atoms with Gasteiger partial charge >= 0.3 is 0 Å². The molecule has 0 bridgehead atoms. The van der Waals surface area contributed by atoms with Gasteiger partial charge in [0.25, 0.3) is 5.91 Å². The number of nitrogens with one attached hydrogen (secondary N) is 1. The van der Waals surface area contributed by atoms with E-state index in [1.165, 1.54) is 5.56 Å². The summed E-state index contributed by atoms with van der Waals surface area (Å²) in [7, 11) is 1.65. The first-order valence-electron chi connectivity index (χ1n) is 7.53. The Morgan fingerprint density at radius 2 is 1.78 bits per heavy atom. The third-order valence-corrected chi connectivity index (χ3v) is 3.66. The fraction of sp³-hybridized carbons (Fsp3) is 0.158. The van der Waals surface area contributed by atoms with Crippen molar-refractivity contribution in [1.29, 1.82) is 0 Å². The second-order valence-electron chi connectivity index (χ2n) is 5.30. The smallest absolute Gasteiger partial charge is 0.275 e. The zero-order chi connectivity index (χ0) is 16.1. The summed E-state index contributed by atoms with van der Waals surface area (Å²) >= 11 is 0. The maximum Gasteiger partial charge on any atom is 0.275 e. The molecule has 1 aliphatic rings. The molecule has 1 N–H and O–H groups in total. The molecule has 0 atom stereocenters. The van der Waals surface area contributed by atoms with Crippen molar-refractivity contribution in [1.82, 2.24) is 5.32 Å². The SMILES string of the molecule is COc1ccc(CCC2=N/C(=C/c3ccccc3)C(=O)N2)cc1. The van der Waals surface area contributed by atoms with Gasteiger partial charge in [-0.1, -0.05) is 42.5 Å². The van der Waals surface area contributed by atoms with E-state index in [0.717, 1.165) is 17.7 Å². The summed E-state index contributed by atoms with van der Waals surface area (Å²) in [6.07, 6.45) is 3.32. The highest BCUT2D eigenvalue weighted by atomic mass is 16.5. The number of carbonyl (C=O) groups excluding carboxylic acids is 1. The van der Waals surface area contributed by atoms with E-state index in [2.05, 4.69) is 10.3 Å². The minimum atomic E-state index is -0.140. The van der Waals surface area contributed by atoms with Gasteiger partial charge in [0.2, 0.25) is 0 Å². The van der Waals surface area contributed by atoms with Crippen LogP contribution >= 0.6 is 0 Å². The molecular formula is C19H18N2O2. The van der Waals surface area contributed by atoms with E-state index in [4.69, 9.17) is 4.74 Å². The Labute approximate surface area is 135 Å². The van der Waals surface area contributed by atoms with Gasteiger partial charge in [0.15, 0.2) is 0 Å². The molecule has 0 saturated carbocycles. The van der Waals surface area contributed by atoms with Crippen molar-refractivity contribution in [2.24, 2.45) is 4.99 Å². The molecule has 0 saturated heterocycles. The van der Waals surface area contributed by atoms with E-state index in [1.54, 1.807) is 13.2 Å². The predicted octanol–water partition coefficient (Wildman–Crippen LogP) is 3.20. The zero-order valence-corrected chi connectivity index (χ0v) is 13.0. The van der Waals surface area contributed by atoms with Crippen molar-refractivity contribution in [3.63, 3.8) is 0 Å². The quantitative estimate of drug-likeness (QED) is 0.862. The summed E-state index contributed by atoms with van der Waals surface area (Å²) < 4.78 is 5.14. The zero-order valence-electron chi connectivity index (χ0n) is 13.0. The summed E-state index contributed by atoms with van der Waals surface area (Å²) in [6, 6.07) is 17.6. The molecule has 0 unspecified atom stereocenters. The Balaban J connectivity index is 1.65. The Bertz CT molecular complexity index is 747. The molecule has 2 aromatic carbocycles. The maximum absolute atomic E-state index is 12.0. The molecule has 4 heteroatoms. The normalized spacial score (nSPS) is 15.4. The first-order valence-corrected chi connectivity index (χ1v) is 7.53. The predicted molar refractivity (Wildman–Crippen MR) is 91.3 cm³/mol. The number of hydrogen-bond acceptors (Lipinski definition) is 3. The van der Waals surface area contributed by atoms with Gasteiger partial charge in [0, 0.05) is 6.42 Å². The fourth-order valence-electron chi connectivity index (χ4n) is 2.40. The molecule has 0 radical (unpaired) electrons. The van der Waals surface area contributed by atoms with Crippen molar-refractivity contribution < 1.29 is 9.53 Å². The molecule has 1 aliphatic heterocycles. The van der Waals surface area contributed by atoms with Gasteiger partial charge in [-0.2, -0.15) is 0 Å². The van der Waals surface area contributed by atoms with Gasteiger partial charge in [0.05, 0.1) is 7.11 Å². The first kappa shape index (κ1) is 15.0. The van der Waals surface area contributed by atoms with Crippen molar-refractivity contribution in [2.45, 2.75) is 12.8 Å². The van der Waals surface area contributed by atoms with Gasteiger partial charge in [-0.15, -0.1) is 0 Å². The number of ether oxygens (including phenoxy) is 1. The lowest BCUT2D eigenvalue weighted by molar-refractivity contribution is -0.115. The van der Waals surface area contributed by atoms with Crippen molar-refractivity contribution in [2.75, 3.05) is 7.11 Å². The topological polar surface area (TPSA) is 50.7 Å². The van der Waals surface area contributed by atoms with E-state index < -0.39 is 0 Å². The number of methoxy groups -OCH3 is 1.